The van der Waals surface area contributed by atoms with Gasteiger partial charge in [0.15, 0.2) is 0 Å². The van der Waals surface area contributed by atoms with E-state index in [1.807, 2.05) is 0 Å². The lowest BCUT2D eigenvalue weighted by Crippen LogP contribution is -2.54. The van der Waals surface area contributed by atoms with Crippen molar-refractivity contribution in [3.05, 3.63) is 105 Å². The Balaban J connectivity index is 1.69. The summed E-state index contributed by atoms with van der Waals surface area (Å²) in [6.45, 7) is 0. The van der Waals surface area contributed by atoms with Crippen molar-refractivity contribution in [1.29, 1.82) is 0 Å². The molecule has 0 bridgehead atoms. The molecule has 1 aliphatic heterocycles. The van der Waals surface area contributed by atoms with Crippen molar-refractivity contribution in [3.63, 3.8) is 0 Å². The number of benzene rings is 3. The van der Waals surface area contributed by atoms with Crippen molar-refractivity contribution < 1.29 is 24.1 Å². The molecule has 1 saturated heterocycles. The highest BCUT2D eigenvalue weighted by Crippen LogP contribution is 2.27. The largest absolute Gasteiger partial charge is 0.288 e. The first-order valence-electron chi connectivity index (χ1n) is 10.3. The molecule has 35 heavy (non-hydrogen) atoms. The van der Waals surface area contributed by atoms with Gasteiger partial charge in [0, 0.05) is 17.2 Å². The molecule has 1 heterocycles. The van der Waals surface area contributed by atoms with Gasteiger partial charge in [-0.15, -0.1) is 0 Å². The third-order valence-electron chi connectivity index (χ3n) is 5.32. The molecule has 3 aromatic carbocycles. The molecule has 1 aliphatic rings. The quantitative estimate of drug-likeness (QED) is 0.330. The van der Waals surface area contributed by atoms with E-state index in [2.05, 4.69) is 5.43 Å². The third kappa shape index (κ3) is 4.73. The average molecular weight is 493 g/mol. The molecule has 0 aromatic heterocycles. The third-order valence-corrected chi connectivity index (χ3v) is 5.64. The van der Waals surface area contributed by atoms with Gasteiger partial charge in [-0.2, -0.15) is 0 Å². The predicted molar refractivity (Wildman–Crippen MR) is 126 cm³/mol. The Labute approximate surface area is 203 Å². The van der Waals surface area contributed by atoms with E-state index >= 15 is 0 Å². The lowest BCUT2D eigenvalue weighted by Gasteiger charge is -2.28. The van der Waals surface area contributed by atoms with Crippen LogP contribution in [0.25, 0.3) is 0 Å². The number of hydrogen-bond donors (Lipinski definition) is 1. The number of amides is 4. The fourth-order valence-electron chi connectivity index (χ4n) is 3.62. The number of nitrogens with one attached hydrogen (secondary N) is 1. The standard InChI is InChI=1S/C24H17ClN4O6/c25-18-12-11-16(13-19(18)29(34)35)22(31)26-28(23(32)15-7-3-1-4-8-15)20-14-21(30)27(24(20)33)17-9-5-2-6-10-17/h1-13,20H,14H2,(H,26,31). The van der Waals surface area contributed by atoms with Crippen LogP contribution < -0.4 is 10.3 Å². The molecule has 1 N–H and O–H groups in total. The van der Waals surface area contributed by atoms with Crippen LogP contribution in [-0.2, 0) is 9.59 Å². The van der Waals surface area contributed by atoms with Gasteiger partial charge in [0.05, 0.1) is 17.0 Å². The highest BCUT2D eigenvalue weighted by molar-refractivity contribution is 6.32. The number of para-hydroxylation sites is 1. The molecule has 11 heteroatoms. The zero-order valence-electron chi connectivity index (χ0n) is 18.0. The number of halogens is 1. The van der Waals surface area contributed by atoms with Gasteiger partial charge in [0.1, 0.15) is 11.1 Å². The Morgan fingerprint density at radius 2 is 1.60 bits per heavy atom. The predicted octanol–water partition coefficient (Wildman–Crippen LogP) is 3.37. The van der Waals surface area contributed by atoms with Gasteiger partial charge in [-0.1, -0.05) is 48.0 Å². The number of anilines is 1. The van der Waals surface area contributed by atoms with Crippen molar-refractivity contribution in [3.8, 4) is 0 Å². The molecule has 4 rings (SSSR count). The Hall–Kier alpha value is -4.57. The van der Waals surface area contributed by atoms with Crippen LogP contribution in [0, 0.1) is 10.1 Å². The maximum Gasteiger partial charge on any atom is 0.288 e. The van der Waals surface area contributed by atoms with Crippen molar-refractivity contribution in [1.82, 2.24) is 10.4 Å². The number of nitro groups is 1. The number of hydrogen-bond acceptors (Lipinski definition) is 6. The lowest BCUT2D eigenvalue weighted by molar-refractivity contribution is -0.384. The second-order valence-corrected chi connectivity index (χ2v) is 7.94. The normalized spacial score (nSPS) is 15.1. The van der Waals surface area contributed by atoms with Gasteiger partial charge < -0.3 is 0 Å². The van der Waals surface area contributed by atoms with Crippen LogP contribution in [0.15, 0.2) is 78.9 Å². The molecule has 1 fully saturated rings. The molecule has 0 radical (unpaired) electrons. The summed E-state index contributed by atoms with van der Waals surface area (Å²) >= 11 is 5.82. The van der Waals surface area contributed by atoms with Crippen molar-refractivity contribution in [2.45, 2.75) is 12.5 Å². The highest BCUT2D eigenvalue weighted by atomic mass is 35.5. The van der Waals surface area contributed by atoms with Crippen LogP contribution in [0.5, 0.6) is 0 Å². The Kier molecular flexibility index (Phi) is 6.56. The maximum absolute atomic E-state index is 13.3. The summed E-state index contributed by atoms with van der Waals surface area (Å²) in [6, 6.07) is 18.1. The minimum atomic E-state index is -1.33. The monoisotopic (exact) mass is 492 g/mol. The number of hydrazine groups is 1. The van der Waals surface area contributed by atoms with Crippen LogP contribution in [0.3, 0.4) is 0 Å². The average Bonchev–Trinajstić information content (AvgIpc) is 3.16. The summed E-state index contributed by atoms with van der Waals surface area (Å²) < 4.78 is 0. The summed E-state index contributed by atoms with van der Waals surface area (Å²) in [4.78, 5) is 63.7. The first-order valence-corrected chi connectivity index (χ1v) is 10.7. The van der Waals surface area contributed by atoms with E-state index in [9.17, 15) is 29.3 Å². The molecule has 4 amide bonds. The van der Waals surface area contributed by atoms with Crippen LogP contribution in [0.4, 0.5) is 11.4 Å². The summed E-state index contributed by atoms with van der Waals surface area (Å²) in [7, 11) is 0. The van der Waals surface area contributed by atoms with Gasteiger partial charge >= 0.3 is 0 Å². The zero-order chi connectivity index (χ0) is 25.1. The molecule has 10 nitrogen and oxygen atoms in total. The summed E-state index contributed by atoms with van der Waals surface area (Å²) in [5.41, 5.74) is 2.19. The van der Waals surface area contributed by atoms with Crippen LogP contribution in [0.2, 0.25) is 5.02 Å². The van der Waals surface area contributed by atoms with Crippen molar-refractivity contribution in [2.24, 2.45) is 0 Å². The SMILES string of the molecule is O=C(NN(C(=O)c1ccccc1)C1CC(=O)N(c2ccccc2)C1=O)c1ccc(Cl)c([N+](=O)[O-])c1. The van der Waals surface area contributed by atoms with Gasteiger partial charge in [0.25, 0.3) is 23.4 Å². The van der Waals surface area contributed by atoms with Crippen molar-refractivity contribution in [2.75, 3.05) is 4.90 Å². The molecule has 1 atom stereocenters. The maximum atomic E-state index is 13.3. The number of carbonyl (C=O) groups is 4. The van der Waals surface area contributed by atoms with E-state index in [0.29, 0.717) is 5.69 Å². The number of nitro benzene ring substituents is 1. The first kappa shape index (κ1) is 23.6. The Morgan fingerprint density at radius 1 is 0.971 bits per heavy atom. The molecule has 3 aromatic rings. The second kappa shape index (κ2) is 9.74. The minimum absolute atomic E-state index is 0.160. The van der Waals surface area contributed by atoms with E-state index in [-0.39, 0.29) is 22.6 Å². The number of nitrogens with zero attached hydrogens (tertiary/aromatic N) is 3. The van der Waals surface area contributed by atoms with E-state index in [1.54, 1.807) is 48.5 Å². The topological polar surface area (TPSA) is 130 Å². The van der Waals surface area contributed by atoms with Crippen LogP contribution in [0.1, 0.15) is 27.1 Å². The van der Waals surface area contributed by atoms with Crippen molar-refractivity contribution >= 4 is 46.6 Å². The molecule has 176 valence electrons. The van der Waals surface area contributed by atoms with Gasteiger partial charge in [-0.3, -0.25) is 34.7 Å². The van der Waals surface area contributed by atoms with E-state index < -0.39 is 40.3 Å². The Bertz CT molecular complexity index is 1330. The van der Waals surface area contributed by atoms with E-state index in [4.69, 9.17) is 11.6 Å². The molecule has 0 aliphatic carbocycles. The number of carbonyl (C=O) groups excluding carboxylic acids is 4. The van der Waals surface area contributed by atoms with E-state index in [0.717, 1.165) is 16.0 Å². The summed E-state index contributed by atoms with van der Waals surface area (Å²) in [6.07, 6.45) is -0.368. The van der Waals surface area contributed by atoms with Gasteiger partial charge in [-0.05, 0) is 36.4 Å². The Morgan fingerprint density at radius 3 is 2.23 bits per heavy atom. The first-order chi connectivity index (χ1) is 16.8. The van der Waals surface area contributed by atoms with Gasteiger partial charge in [0.2, 0.25) is 5.91 Å². The molecule has 1 unspecified atom stereocenters. The summed E-state index contributed by atoms with van der Waals surface area (Å²) in [5, 5.41) is 11.8. The van der Waals surface area contributed by atoms with Gasteiger partial charge in [-0.25, -0.2) is 9.91 Å². The summed E-state index contributed by atoms with van der Waals surface area (Å²) in [5.74, 6) is -2.88. The molecular weight excluding hydrogens is 476 g/mol. The van der Waals surface area contributed by atoms with E-state index in [1.165, 1.54) is 24.3 Å². The minimum Gasteiger partial charge on any atom is -0.274 e. The number of rotatable bonds is 5. The highest BCUT2D eigenvalue weighted by Gasteiger charge is 2.45. The smallest absolute Gasteiger partial charge is 0.274 e. The molecule has 0 spiro atoms. The fraction of sp³-hybridized carbons (Fsp3) is 0.0833. The van der Waals surface area contributed by atoms with Crippen LogP contribution in [-0.4, -0.2) is 39.6 Å². The molecule has 0 saturated carbocycles. The van der Waals surface area contributed by atoms with Crippen LogP contribution >= 0.6 is 11.6 Å². The lowest BCUT2D eigenvalue weighted by atomic mass is 10.1. The zero-order valence-corrected chi connectivity index (χ0v) is 18.7. The molecular formula is C24H17ClN4O6. The fourth-order valence-corrected chi connectivity index (χ4v) is 3.81. The second-order valence-electron chi connectivity index (χ2n) is 7.53. The number of imide groups is 1.